The van der Waals surface area contributed by atoms with Crippen molar-refractivity contribution in [1.29, 1.82) is 0 Å². The van der Waals surface area contributed by atoms with Crippen LogP contribution in [0, 0.1) is 0 Å². The molecule has 3 heteroatoms. The highest BCUT2D eigenvalue weighted by atomic mass is 15.2. The maximum absolute atomic E-state index is 2.61. The van der Waals surface area contributed by atoms with Crippen molar-refractivity contribution >= 4 is 57.2 Å². The lowest BCUT2D eigenvalue weighted by Gasteiger charge is -2.46. The Morgan fingerprint density at radius 3 is 1.24 bits per heavy atom. The SMILES string of the molecule is CC(C)(C)c1cccc(N2c3cc(C(C)(C)C)ccc3B3c4ccc(-c5ccccc5)cc4N(c4cccc(-c5ccccc5)c4)c4cc(C(C)(c5ccccc5)c5ccccc5)cc2c43)c1. The van der Waals surface area contributed by atoms with Crippen LogP contribution in [0.1, 0.15) is 76.3 Å². The number of rotatable bonds is 7. The van der Waals surface area contributed by atoms with Gasteiger partial charge < -0.3 is 9.80 Å². The summed E-state index contributed by atoms with van der Waals surface area (Å²) >= 11 is 0. The highest BCUT2D eigenvalue weighted by molar-refractivity contribution is 7.00. The highest BCUT2D eigenvalue weighted by Gasteiger charge is 2.46. The van der Waals surface area contributed by atoms with E-state index < -0.39 is 5.41 Å². The van der Waals surface area contributed by atoms with Gasteiger partial charge in [0.25, 0.3) is 6.71 Å². The third-order valence-corrected chi connectivity index (χ3v) is 14.5. The molecule has 0 bridgehead atoms. The van der Waals surface area contributed by atoms with E-state index >= 15 is 0 Å². The number of anilines is 6. The van der Waals surface area contributed by atoms with Gasteiger partial charge in [-0.05, 0) is 133 Å². The largest absolute Gasteiger partial charge is 0.311 e. The van der Waals surface area contributed by atoms with Crippen LogP contribution in [0.3, 0.4) is 0 Å². The summed E-state index contributed by atoms with van der Waals surface area (Å²) in [6.07, 6.45) is 0. The molecule has 0 saturated carbocycles. The molecule has 2 aliphatic rings. The Morgan fingerprint density at radius 1 is 0.299 bits per heavy atom. The zero-order chi connectivity index (χ0) is 46.1. The van der Waals surface area contributed by atoms with Crippen molar-refractivity contribution in [2.75, 3.05) is 9.80 Å². The summed E-state index contributed by atoms with van der Waals surface area (Å²) in [7, 11) is 0. The summed E-state index contributed by atoms with van der Waals surface area (Å²) < 4.78 is 0. The van der Waals surface area contributed by atoms with Gasteiger partial charge in [-0.1, -0.05) is 211 Å². The molecular weight excluding hydrogens is 808 g/mol. The molecular formula is C64H57BN2. The number of nitrogens with zero attached hydrogens (tertiary/aromatic N) is 2. The average molecular weight is 865 g/mol. The normalized spacial score (nSPS) is 13.2. The molecule has 0 saturated heterocycles. The van der Waals surface area contributed by atoms with Crippen LogP contribution < -0.4 is 26.2 Å². The van der Waals surface area contributed by atoms with Gasteiger partial charge in [-0.2, -0.15) is 0 Å². The van der Waals surface area contributed by atoms with E-state index in [1.807, 2.05) is 0 Å². The van der Waals surface area contributed by atoms with Crippen molar-refractivity contribution < 1.29 is 0 Å². The molecule has 0 radical (unpaired) electrons. The van der Waals surface area contributed by atoms with Gasteiger partial charge in [-0.25, -0.2) is 0 Å². The van der Waals surface area contributed by atoms with Gasteiger partial charge in [0.2, 0.25) is 0 Å². The summed E-state index contributed by atoms with van der Waals surface area (Å²) in [4.78, 5) is 5.19. The molecule has 0 unspecified atom stereocenters. The minimum atomic E-state index is -0.514. The lowest BCUT2D eigenvalue weighted by atomic mass is 9.33. The third-order valence-electron chi connectivity index (χ3n) is 14.5. The van der Waals surface area contributed by atoms with E-state index in [9.17, 15) is 0 Å². The molecule has 0 fully saturated rings. The smallest absolute Gasteiger partial charge is 0.252 e. The Balaban J connectivity index is 1.30. The topological polar surface area (TPSA) is 6.48 Å². The van der Waals surface area contributed by atoms with Crippen molar-refractivity contribution in [2.45, 2.75) is 64.7 Å². The Hall–Kier alpha value is -7.36. The van der Waals surface area contributed by atoms with Gasteiger partial charge in [0.15, 0.2) is 0 Å². The molecule has 9 aromatic rings. The maximum atomic E-state index is 2.61. The van der Waals surface area contributed by atoms with Crippen LogP contribution >= 0.6 is 0 Å². The van der Waals surface area contributed by atoms with Gasteiger partial charge in [0.05, 0.1) is 0 Å². The Bertz CT molecular complexity index is 3230. The van der Waals surface area contributed by atoms with Crippen LogP contribution in [0.25, 0.3) is 22.3 Å². The van der Waals surface area contributed by atoms with Gasteiger partial charge >= 0.3 is 0 Å². The number of hydrogen-bond acceptors (Lipinski definition) is 2. The molecule has 2 heterocycles. The second-order valence-corrected chi connectivity index (χ2v) is 20.8. The van der Waals surface area contributed by atoms with Crippen molar-refractivity contribution in [3.05, 3.63) is 246 Å². The first-order valence-electron chi connectivity index (χ1n) is 23.9. The third kappa shape index (κ3) is 7.29. The van der Waals surface area contributed by atoms with Crippen LogP contribution in [-0.2, 0) is 16.2 Å². The lowest BCUT2D eigenvalue weighted by Crippen LogP contribution is -2.61. The fraction of sp³-hybridized carbons (Fsp3) is 0.156. The van der Waals surface area contributed by atoms with Crippen molar-refractivity contribution in [3.8, 4) is 22.3 Å². The predicted octanol–water partition coefficient (Wildman–Crippen LogP) is 15.1. The number of hydrogen-bond donors (Lipinski definition) is 0. The molecule has 2 aliphatic heterocycles. The van der Waals surface area contributed by atoms with E-state index in [1.54, 1.807) is 0 Å². The van der Waals surface area contributed by atoms with E-state index in [4.69, 9.17) is 0 Å². The molecule has 2 nitrogen and oxygen atoms in total. The summed E-state index contributed by atoms with van der Waals surface area (Å²) in [5.74, 6) is 0. The van der Waals surface area contributed by atoms with Crippen molar-refractivity contribution in [1.82, 2.24) is 0 Å². The van der Waals surface area contributed by atoms with Crippen LogP contribution in [0.15, 0.2) is 218 Å². The van der Waals surface area contributed by atoms with Crippen LogP contribution in [0.2, 0.25) is 0 Å². The molecule has 0 amide bonds. The standard InChI is InChI=1S/C64H57BN2/c1-62(2,3)50-31-21-33-54(40-50)67-58-41-51(63(4,5)6)35-37-56(58)65-55-36-34-47(45-24-14-9-15-25-45)39-57(55)66(53-32-20-26-46(38-53)44-22-12-8-13-23-44)59-42-52(43-60(67)61(59)65)64(7,48-27-16-10-17-28-48)49-29-18-11-19-30-49/h8-43H,1-7H3. The molecule has 0 aliphatic carbocycles. The van der Waals surface area contributed by atoms with Gasteiger partial charge in [0, 0.05) is 39.5 Å². The van der Waals surface area contributed by atoms with E-state index in [-0.39, 0.29) is 17.5 Å². The summed E-state index contributed by atoms with van der Waals surface area (Å²) in [5, 5.41) is 0. The molecule has 9 aromatic carbocycles. The van der Waals surface area contributed by atoms with E-state index in [0.717, 1.165) is 5.69 Å². The minimum absolute atomic E-state index is 0.0294. The second kappa shape index (κ2) is 16.2. The van der Waals surface area contributed by atoms with Gasteiger partial charge in [-0.3, -0.25) is 0 Å². The molecule has 0 spiro atoms. The fourth-order valence-corrected chi connectivity index (χ4v) is 10.7. The van der Waals surface area contributed by atoms with E-state index in [0.29, 0.717) is 0 Å². The zero-order valence-corrected chi connectivity index (χ0v) is 39.8. The Morgan fingerprint density at radius 2 is 0.701 bits per heavy atom. The summed E-state index contributed by atoms with van der Waals surface area (Å²) in [6.45, 7) is 16.4. The van der Waals surface area contributed by atoms with E-state index in [1.165, 1.54) is 94.9 Å². The quantitative estimate of drug-likeness (QED) is 0.116. The number of fused-ring (bicyclic) bond motifs is 4. The summed E-state index contributed by atoms with van der Waals surface area (Å²) in [5.41, 5.74) is 21.6. The molecule has 0 atom stereocenters. The molecule has 67 heavy (non-hydrogen) atoms. The summed E-state index contributed by atoms with van der Waals surface area (Å²) in [6, 6.07) is 82.0. The first-order valence-corrected chi connectivity index (χ1v) is 23.9. The van der Waals surface area contributed by atoms with Gasteiger partial charge in [0.1, 0.15) is 0 Å². The zero-order valence-electron chi connectivity index (χ0n) is 39.8. The molecule has 0 N–H and O–H groups in total. The average Bonchev–Trinajstić information content (AvgIpc) is 3.36. The number of benzene rings is 9. The maximum Gasteiger partial charge on any atom is 0.252 e. The minimum Gasteiger partial charge on any atom is -0.311 e. The van der Waals surface area contributed by atoms with E-state index in [2.05, 4.69) is 277 Å². The van der Waals surface area contributed by atoms with Crippen molar-refractivity contribution in [3.63, 3.8) is 0 Å². The fourth-order valence-electron chi connectivity index (χ4n) is 10.7. The Labute approximate surface area is 398 Å². The Kier molecular flexibility index (Phi) is 10.2. The lowest BCUT2D eigenvalue weighted by molar-refractivity contribution is 0.590. The first kappa shape index (κ1) is 42.3. The first-order chi connectivity index (χ1) is 32.4. The highest BCUT2D eigenvalue weighted by Crippen LogP contribution is 2.50. The van der Waals surface area contributed by atoms with Crippen LogP contribution in [0.4, 0.5) is 34.1 Å². The molecule has 326 valence electrons. The van der Waals surface area contributed by atoms with Gasteiger partial charge in [-0.15, -0.1) is 0 Å². The monoisotopic (exact) mass is 864 g/mol. The molecule has 0 aromatic heterocycles. The van der Waals surface area contributed by atoms with Crippen LogP contribution in [0.5, 0.6) is 0 Å². The molecule has 11 rings (SSSR count). The predicted molar refractivity (Wildman–Crippen MR) is 287 cm³/mol. The van der Waals surface area contributed by atoms with Crippen molar-refractivity contribution in [2.24, 2.45) is 0 Å². The second-order valence-electron chi connectivity index (χ2n) is 20.8. The van der Waals surface area contributed by atoms with Crippen LogP contribution in [-0.4, -0.2) is 6.71 Å².